The van der Waals surface area contributed by atoms with Crippen LogP contribution in [0.3, 0.4) is 0 Å². The maximum atomic E-state index is 5.77. The molecule has 17 heavy (non-hydrogen) atoms. The highest BCUT2D eigenvalue weighted by molar-refractivity contribution is 5.27. The van der Waals surface area contributed by atoms with Crippen LogP contribution in [0.5, 0.6) is 0 Å². The third-order valence-corrected chi connectivity index (χ3v) is 4.74. The molecule has 2 nitrogen and oxygen atoms in total. The van der Waals surface area contributed by atoms with E-state index < -0.39 is 0 Å². The number of hydrogen-bond donors (Lipinski definition) is 2. The Kier molecular flexibility index (Phi) is 2.53. The van der Waals surface area contributed by atoms with Gasteiger partial charge in [-0.3, -0.25) is 11.3 Å². The van der Waals surface area contributed by atoms with Gasteiger partial charge in [0.15, 0.2) is 0 Å². The number of hydrogen-bond acceptors (Lipinski definition) is 2. The Balaban J connectivity index is 1.68. The monoisotopic (exact) mass is 230 g/mol. The number of nitrogens with two attached hydrogens (primary N) is 1. The van der Waals surface area contributed by atoms with Crippen molar-refractivity contribution in [2.45, 2.75) is 38.6 Å². The van der Waals surface area contributed by atoms with Crippen molar-refractivity contribution in [2.24, 2.45) is 23.1 Å². The Morgan fingerprint density at radius 2 is 1.94 bits per heavy atom. The van der Waals surface area contributed by atoms with Crippen LogP contribution >= 0.6 is 0 Å². The third-order valence-electron chi connectivity index (χ3n) is 4.74. The topological polar surface area (TPSA) is 38.0 Å². The van der Waals surface area contributed by atoms with Gasteiger partial charge in [0.25, 0.3) is 0 Å². The second kappa shape index (κ2) is 3.82. The number of nitrogens with one attached hydrogen (secondary N) is 1. The van der Waals surface area contributed by atoms with E-state index in [1.165, 1.54) is 18.4 Å². The van der Waals surface area contributed by atoms with E-state index in [1.54, 1.807) is 0 Å². The summed E-state index contributed by atoms with van der Waals surface area (Å²) in [7, 11) is 0. The van der Waals surface area contributed by atoms with Gasteiger partial charge in [0.2, 0.25) is 0 Å². The van der Waals surface area contributed by atoms with E-state index in [1.807, 2.05) is 0 Å². The van der Waals surface area contributed by atoms with Gasteiger partial charge in [0, 0.05) is 6.04 Å². The molecule has 0 saturated heterocycles. The molecule has 3 rings (SSSR count). The lowest BCUT2D eigenvalue weighted by molar-refractivity contribution is 0.370. The molecule has 1 aromatic carbocycles. The van der Waals surface area contributed by atoms with Crippen molar-refractivity contribution in [3.8, 4) is 0 Å². The first-order valence-electron chi connectivity index (χ1n) is 6.64. The highest BCUT2D eigenvalue weighted by Gasteiger charge is 2.56. The summed E-state index contributed by atoms with van der Waals surface area (Å²) in [6.07, 6.45) is 2.62. The van der Waals surface area contributed by atoms with Crippen LogP contribution in [-0.2, 0) is 0 Å². The van der Waals surface area contributed by atoms with Gasteiger partial charge >= 0.3 is 0 Å². The maximum absolute atomic E-state index is 5.77. The second-order valence-corrected chi connectivity index (χ2v) is 6.41. The maximum Gasteiger partial charge on any atom is 0.0278 e. The Bertz CT molecular complexity index is 399. The SMILES string of the molecule is CC1(C)CC1C(NN)C1CC1c1ccccc1. The average Bonchev–Trinajstić information content (AvgIpc) is 3.20. The highest BCUT2D eigenvalue weighted by atomic mass is 15.2. The molecule has 2 fully saturated rings. The summed E-state index contributed by atoms with van der Waals surface area (Å²) in [5, 5.41) is 0. The fourth-order valence-corrected chi connectivity index (χ4v) is 3.35. The second-order valence-electron chi connectivity index (χ2n) is 6.41. The lowest BCUT2D eigenvalue weighted by Crippen LogP contribution is -2.40. The van der Waals surface area contributed by atoms with E-state index in [4.69, 9.17) is 5.84 Å². The van der Waals surface area contributed by atoms with E-state index in [0.717, 1.165) is 17.8 Å². The fourth-order valence-electron chi connectivity index (χ4n) is 3.35. The van der Waals surface area contributed by atoms with Gasteiger partial charge in [-0.25, -0.2) is 0 Å². The molecule has 2 aliphatic rings. The van der Waals surface area contributed by atoms with Gasteiger partial charge in [-0.15, -0.1) is 0 Å². The van der Waals surface area contributed by atoms with Crippen LogP contribution in [0.2, 0.25) is 0 Å². The van der Waals surface area contributed by atoms with E-state index in [0.29, 0.717) is 11.5 Å². The summed E-state index contributed by atoms with van der Waals surface area (Å²) in [5.74, 6) is 8.01. The van der Waals surface area contributed by atoms with Crippen molar-refractivity contribution in [2.75, 3.05) is 0 Å². The number of benzene rings is 1. The molecule has 0 aromatic heterocycles. The number of rotatable bonds is 4. The summed E-state index contributed by atoms with van der Waals surface area (Å²) in [6, 6.07) is 11.4. The van der Waals surface area contributed by atoms with Gasteiger partial charge in [0.1, 0.15) is 0 Å². The molecule has 0 heterocycles. The molecule has 4 unspecified atom stereocenters. The van der Waals surface area contributed by atoms with Gasteiger partial charge in [-0.2, -0.15) is 0 Å². The van der Waals surface area contributed by atoms with Crippen LogP contribution in [0.25, 0.3) is 0 Å². The molecule has 0 radical (unpaired) electrons. The van der Waals surface area contributed by atoms with Crippen LogP contribution in [-0.4, -0.2) is 6.04 Å². The van der Waals surface area contributed by atoms with E-state index in [-0.39, 0.29) is 0 Å². The molecule has 0 amide bonds. The number of hydrazine groups is 1. The molecular weight excluding hydrogens is 208 g/mol. The van der Waals surface area contributed by atoms with Gasteiger partial charge in [0.05, 0.1) is 0 Å². The first-order valence-corrected chi connectivity index (χ1v) is 6.64. The zero-order valence-corrected chi connectivity index (χ0v) is 10.7. The molecule has 92 valence electrons. The van der Waals surface area contributed by atoms with Crippen molar-refractivity contribution in [1.29, 1.82) is 0 Å². The summed E-state index contributed by atoms with van der Waals surface area (Å²) >= 11 is 0. The molecule has 3 N–H and O–H groups in total. The Morgan fingerprint density at radius 3 is 2.47 bits per heavy atom. The van der Waals surface area contributed by atoms with Crippen LogP contribution < -0.4 is 11.3 Å². The Hall–Kier alpha value is -0.860. The largest absolute Gasteiger partial charge is 0.271 e. The quantitative estimate of drug-likeness (QED) is 0.616. The summed E-state index contributed by atoms with van der Waals surface area (Å²) in [5.41, 5.74) is 5.06. The Morgan fingerprint density at radius 1 is 1.29 bits per heavy atom. The minimum atomic E-state index is 0.501. The zero-order chi connectivity index (χ0) is 12.0. The predicted octanol–water partition coefficient (Wildman–Crippen LogP) is 2.67. The first-order chi connectivity index (χ1) is 8.13. The minimum Gasteiger partial charge on any atom is -0.271 e. The molecule has 2 saturated carbocycles. The standard InChI is InChI=1S/C15H22N2/c1-15(2)9-13(15)14(17-16)12-8-11(12)10-6-4-3-5-7-10/h3-7,11-14,17H,8-9,16H2,1-2H3. The molecular formula is C15H22N2. The highest BCUT2D eigenvalue weighted by Crippen LogP contribution is 2.60. The van der Waals surface area contributed by atoms with Gasteiger partial charge in [-0.1, -0.05) is 44.2 Å². The minimum absolute atomic E-state index is 0.501. The van der Waals surface area contributed by atoms with E-state index in [9.17, 15) is 0 Å². The molecule has 0 aliphatic heterocycles. The average molecular weight is 230 g/mol. The van der Waals surface area contributed by atoms with Crippen molar-refractivity contribution in [1.82, 2.24) is 5.43 Å². The summed E-state index contributed by atoms with van der Waals surface area (Å²) < 4.78 is 0. The van der Waals surface area contributed by atoms with Gasteiger partial charge in [-0.05, 0) is 41.6 Å². The van der Waals surface area contributed by atoms with Gasteiger partial charge < -0.3 is 0 Å². The molecule has 0 spiro atoms. The molecule has 0 bridgehead atoms. The van der Waals surface area contributed by atoms with Crippen LogP contribution in [0.4, 0.5) is 0 Å². The van der Waals surface area contributed by atoms with E-state index >= 15 is 0 Å². The lowest BCUT2D eigenvalue weighted by atomic mass is 9.98. The van der Waals surface area contributed by atoms with Crippen molar-refractivity contribution in [3.63, 3.8) is 0 Å². The fraction of sp³-hybridized carbons (Fsp3) is 0.600. The summed E-state index contributed by atoms with van der Waals surface area (Å²) in [6.45, 7) is 4.70. The van der Waals surface area contributed by atoms with Crippen molar-refractivity contribution in [3.05, 3.63) is 35.9 Å². The van der Waals surface area contributed by atoms with E-state index in [2.05, 4.69) is 49.6 Å². The zero-order valence-electron chi connectivity index (χ0n) is 10.7. The molecule has 2 heteroatoms. The molecule has 1 aromatic rings. The third kappa shape index (κ3) is 2.00. The Labute approximate surface area is 104 Å². The smallest absolute Gasteiger partial charge is 0.0278 e. The van der Waals surface area contributed by atoms with Crippen molar-refractivity contribution < 1.29 is 0 Å². The van der Waals surface area contributed by atoms with Crippen LogP contribution in [0.15, 0.2) is 30.3 Å². The molecule has 4 atom stereocenters. The van der Waals surface area contributed by atoms with Crippen LogP contribution in [0.1, 0.15) is 38.2 Å². The van der Waals surface area contributed by atoms with Crippen LogP contribution in [0, 0.1) is 17.3 Å². The van der Waals surface area contributed by atoms with Crippen molar-refractivity contribution >= 4 is 0 Å². The lowest BCUT2D eigenvalue weighted by Gasteiger charge is -2.17. The summed E-state index contributed by atoms with van der Waals surface area (Å²) in [4.78, 5) is 0. The molecule has 2 aliphatic carbocycles. The predicted molar refractivity (Wildman–Crippen MR) is 70.3 cm³/mol. The first kappa shape index (κ1) is 11.2. The normalized spacial score (nSPS) is 35.4.